The lowest BCUT2D eigenvalue weighted by molar-refractivity contribution is -0.111. The zero-order chi connectivity index (χ0) is 29.6. The minimum absolute atomic E-state index is 0.222. The molecule has 0 radical (unpaired) electrons. The van der Waals surface area contributed by atoms with Crippen LogP contribution in [0.1, 0.15) is 27.3 Å². The first-order chi connectivity index (χ1) is 20.3. The predicted molar refractivity (Wildman–Crippen MR) is 169 cm³/mol. The summed E-state index contributed by atoms with van der Waals surface area (Å²) in [5, 5.41) is 7.32. The molecule has 5 rings (SSSR count). The number of aromatic amines is 1. The van der Waals surface area contributed by atoms with E-state index in [1.807, 2.05) is 74.6 Å². The van der Waals surface area contributed by atoms with Crippen LogP contribution in [0.4, 0.5) is 11.4 Å². The second kappa shape index (κ2) is 12.8. The summed E-state index contributed by atoms with van der Waals surface area (Å²) >= 11 is 6.51. The standard InChI is InChI=1S/C33H31ClN6O2/c1-21-10-11-22(18-30-36-20-27(34)32(39-30)26-19-35-28-8-5-4-7-25(26)28)17-29(21)38-33(42)23-12-14-24(15-13-23)37-31(41)9-6-16-40(2)3/h4-15,17,19-20,35H,16,18H2,1-3H3,(H,37,41)(H,38,42)/b9-6+. The van der Waals surface area contributed by atoms with Crippen molar-refractivity contribution in [2.45, 2.75) is 13.3 Å². The summed E-state index contributed by atoms with van der Waals surface area (Å²) in [5.41, 5.74) is 6.26. The van der Waals surface area contributed by atoms with Gasteiger partial charge in [0.15, 0.2) is 0 Å². The molecule has 2 aromatic heterocycles. The number of nitrogens with zero attached hydrogens (tertiary/aromatic N) is 3. The molecule has 0 aliphatic carbocycles. The van der Waals surface area contributed by atoms with Crippen LogP contribution in [0, 0.1) is 6.92 Å². The molecule has 0 saturated heterocycles. The highest BCUT2D eigenvalue weighted by Crippen LogP contribution is 2.32. The lowest BCUT2D eigenvalue weighted by atomic mass is 10.1. The number of fused-ring (bicyclic) bond motifs is 1. The molecule has 0 aliphatic heterocycles. The molecule has 8 nitrogen and oxygen atoms in total. The van der Waals surface area contributed by atoms with Gasteiger partial charge in [-0.2, -0.15) is 0 Å². The fourth-order valence-electron chi connectivity index (χ4n) is 4.50. The van der Waals surface area contributed by atoms with Gasteiger partial charge >= 0.3 is 0 Å². The minimum atomic E-state index is -0.247. The first-order valence-corrected chi connectivity index (χ1v) is 13.9. The first kappa shape index (κ1) is 28.7. The van der Waals surface area contributed by atoms with Crippen molar-refractivity contribution in [2.75, 3.05) is 31.3 Å². The van der Waals surface area contributed by atoms with Gasteiger partial charge in [0.25, 0.3) is 5.91 Å². The number of halogens is 1. The Bertz CT molecular complexity index is 1780. The van der Waals surface area contributed by atoms with Gasteiger partial charge in [-0.25, -0.2) is 9.97 Å². The molecule has 3 aromatic carbocycles. The smallest absolute Gasteiger partial charge is 0.255 e. The van der Waals surface area contributed by atoms with E-state index in [2.05, 4.69) is 20.6 Å². The number of amides is 2. The quantitative estimate of drug-likeness (QED) is 0.174. The molecule has 9 heteroatoms. The summed E-state index contributed by atoms with van der Waals surface area (Å²) in [4.78, 5) is 39.6. The molecule has 212 valence electrons. The van der Waals surface area contributed by atoms with E-state index in [4.69, 9.17) is 16.6 Å². The summed E-state index contributed by atoms with van der Waals surface area (Å²) in [6.07, 6.45) is 7.28. The molecule has 0 spiro atoms. The van der Waals surface area contributed by atoms with Gasteiger partial charge in [0.2, 0.25) is 5.91 Å². The van der Waals surface area contributed by atoms with Gasteiger partial charge < -0.3 is 20.5 Å². The molecule has 3 N–H and O–H groups in total. The Morgan fingerprint density at radius 3 is 2.60 bits per heavy atom. The van der Waals surface area contributed by atoms with Gasteiger partial charge in [-0.3, -0.25) is 9.59 Å². The number of rotatable bonds is 9. The zero-order valence-corrected chi connectivity index (χ0v) is 24.4. The molecule has 2 heterocycles. The summed E-state index contributed by atoms with van der Waals surface area (Å²) in [6.45, 7) is 2.61. The lowest BCUT2D eigenvalue weighted by Gasteiger charge is -2.12. The third-order valence-corrected chi connectivity index (χ3v) is 6.98. The number of hydrogen-bond donors (Lipinski definition) is 3. The molecule has 5 aromatic rings. The van der Waals surface area contributed by atoms with Crippen LogP contribution in [0.2, 0.25) is 5.02 Å². The maximum atomic E-state index is 13.0. The van der Waals surface area contributed by atoms with Crippen molar-refractivity contribution in [3.8, 4) is 11.3 Å². The highest BCUT2D eigenvalue weighted by Gasteiger charge is 2.14. The molecule has 0 saturated carbocycles. The van der Waals surface area contributed by atoms with Gasteiger partial charge in [0, 0.05) is 64.8 Å². The van der Waals surface area contributed by atoms with Crippen LogP contribution in [-0.4, -0.2) is 52.3 Å². The third-order valence-electron chi connectivity index (χ3n) is 6.71. The topological polar surface area (TPSA) is 103 Å². The number of hydrogen-bond acceptors (Lipinski definition) is 5. The van der Waals surface area contributed by atoms with E-state index in [0.29, 0.717) is 46.4 Å². The number of likely N-dealkylation sites (N-methyl/N-ethyl adjacent to an activating group) is 1. The van der Waals surface area contributed by atoms with Crippen LogP contribution in [0.3, 0.4) is 0 Å². The van der Waals surface area contributed by atoms with E-state index < -0.39 is 0 Å². The second-order valence-corrected chi connectivity index (χ2v) is 10.6. The number of carbonyl (C=O) groups excluding carboxylic acids is 2. The number of anilines is 2. The molecule has 0 aliphatic rings. The van der Waals surface area contributed by atoms with E-state index in [-0.39, 0.29) is 11.8 Å². The van der Waals surface area contributed by atoms with E-state index in [0.717, 1.165) is 27.6 Å². The van der Waals surface area contributed by atoms with E-state index in [1.165, 1.54) is 6.08 Å². The average molecular weight is 579 g/mol. The Morgan fingerprint density at radius 1 is 1.02 bits per heavy atom. The zero-order valence-electron chi connectivity index (χ0n) is 23.6. The molecule has 2 amide bonds. The SMILES string of the molecule is Cc1ccc(Cc2ncc(Cl)c(-c3c[nH]c4ccccc34)n2)cc1NC(=O)c1ccc(NC(=O)/C=C/CN(C)C)cc1. The number of para-hydroxylation sites is 1. The summed E-state index contributed by atoms with van der Waals surface area (Å²) in [5.74, 6) is 0.151. The average Bonchev–Trinajstić information content (AvgIpc) is 3.40. The normalized spacial score (nSPS) is 11.4. The lowest BCUT2D eigenvalue weighted by Crippen LogP contribution is -2.14. The first-order valence-electron chi connectivity index (χ1n) is 13.5. The van der Waals surface area contributed by atoms with Gasteiger partial charge in [-0.1, -0.05) is 48.0 Å². The van der Waals surface area contributed by atoms with Crippen LogP contribution < -0.4 is 10.6 Å². The number of aromatic nitrogens is 3. The highest BCUT2D eigenvalue weighted by molar-refractivity contribution is 6.33. The molecule has 0 bridgehead atoms. The van der Waals surface area contributed by atoms with Crippen LogP contribution in [0.15, 0.2) is 91.3 Å². The van der Waals surface area contributed by atoms with Gasteiger partial charge in [-0.15, -0.1) is 0 Å². The van der Waals surface area contributed by atoms with Crippen molar-refractivity contribution in [3.05, 3.63) is 119 Å². The van der Waals surface area contributed by atoms with Crippen LogP contribution in [0.25, 0.3) is 22.2 Å². The van der Waals surface area contributed by atoms with Crippen LogP contribution >= 0.6 is 11.6 Å². The monoisotopic (exact) mass is 578 g/mol. The number of nitrogens with one attached hydrogen (secondary N) is 3. The fraction of sp³-hybridized carbons (Fsp3) is 0.152. The van der Waals surface area contributed by atoms with Crippen molar-refractivity contribution in [1.82, 2.24) is 19.9 Å². The second-order valence-electron chi connectivity index (χ2n) is 10.2. The summed E-state index contributed by atoms with van der Waals surface area (Å²) in [7, 11) is 3.86. The van der Waals surface area contributed by atoms with Crippen molar-refractivity contribution < 1.29 is 9.59 Å². The molecule has 0 fully saturated rings. The maximum Gasteiger partial charge on any atom is 0.255 e. The Hall–Kier alpha value is -4.79. The predicted octanol–water partition coefficient (Wildman–Crippen LogP) is 6.49. The summed E-state index contributed by atoms with van der Waals surface area (Å²) < 4.78 is 0. The molecule has 0 unspecified atom stereocenters. The number of H-pyrrole nitrogens is 1. The Kier molecular flexibility index (Phi) is 8.76. The molecular weight excluding hydrogens is 548 g/mol. The fourth-order valence-corrected chi connectivity index (χ4v) is 4.69. The molecule has 0 atom stereocenters. The minimum Gasteiger partial charge on any atom is -0.360 e. The number of aryl methyl sites for hydroxylation is 1. The Labute approximate surface area is 249 Å². The molecule has 42 heavy (non-hydrogen) atoms. The largest absolute Gasteiger partial charge is 0.360 e. The van der Waals surface area contributed by atoms with Gasteiger partial charge in [0.1, 0.15) is 5.82 Å². The van der Waals surface area contributed by atoms with Crippen molar-refractivity contribution >= 4 is 45.7 Å². The third kappa shape index (κ3) is 6.91. The Morgan fingerprint density at radius 2 is 1.81 bits per heavy atom. The number of benzene rings is 3. The van der Waals surface area contributed by atoms with Gasteiger partial charge in [-0.05, 0) is 68.5 Å². The van der Waals surface area contributed by atoms with Crippen LogP contribution in [0.5, 0.6) is 0 Å². The summed E-state index contributed by atoms with van der Waals surface area (Å²) in [6, 6.07) is 20.7. The van der Waals surface area contributed by atoms with E-state index >= 15 is 0 Å². The van der Waals surface area contributed by atoms with E-state index in [1.54, 1.807) is 36.5 Å². The Balaban J connectivity index is 1.27. The maximum absolute atomic E-state index is 13.0. The van der Waals surface area contributed by atoms with Crippen molar-refractivity contribution in [1.29, 1.82) is 0 Å². The van der Waals surface area contributed by atoms with E-state index in [9.17, 15) is 9.59 Å². The van der Waals surface area contributed by atoms with Crippen molar-refractivity contribution in [3.63, 3.8) is 0 Å². The molecular formula is C33H31ClN6O2. The van der Waals surface area contributed by atoms with Crippen molar-refractivity contribution in [2.24, 2.45) is 0 Å². The number of carbonyl (C=O) groups is 2. The van der Waals surface area contributed by atoms with Gasteiger partial charge in [0.05, 0.1) is 10.7 Å². The van der Waals surface area contributed by atoms with Crippen LogP contribution in [-0.2, 0) is 11.2 Å². The highest BCUT2D eigenvalue weighted by atomic mass is 35.5.